The molecule has 0 aliphatic carbocycles. The Bertz CT molecular complexity index is 221. The molecule has 6 nitrogen and oxygen atoms in total. The zero-order chi connectivity index (χ0) is 11.8. The van der Waals surface area contributed by atoms with Gasteiger partial charge < -0.3 is 21.9 Å². The van der Waals surface area contributed by atoms with E-state index in [0.29, 0.717) is 12.8 Å². The van der Waals surface area contributed by atoms with Crippen LogP contribution >= 0.6 is 0 Å². The van der Waals surface area contributed by atoms with Gasteiger partial charge in [0, 0.05) is 12.6 Å². The summed E-state index contributed by atoms with van der Waals surface area (Å²) in [6, 6.07) is -0.956. The Labute approximate surface area is 89.0 Å². The van der Waals surface area contributed by atoms with Crippen LogP contribution < -0.4 is 16.8 Å². The fourth-order valence-electron chi connectivity index (χ4n) is 1.13. The summed E-state index contributed by atoms with van der Waals surface area (Å²) in [6.45, 7) is 1.90. The second-order valence-electron chi connectivity index (χ2n) is 3.55. The lowest BCUT2D eigenvalue weighted by Gasteiger charge is -2.16. The second-order valence-corrected chi connectivity index (χ2v) is 3.55. The molecule has 0 bridgehead atoms. The van der Waals surface area contributed by atoms with Gasteiger partial charge in [-0.05, 0) is 19.8 Å². The molecule has 0 radical (unpaired) electrons. The maximum atomic E-state index is 11.3. The molecule has 2 amide bonds. The standard InChI is InChI=1S/C9H19N3O3/c1-6(3-2-4-13)12-9(15)7(10)5-8(11)14/h6-7,13H,2-5,10H2,1H3,(H2,11,14)(H,12,15). The number of aliphatic hydroxyl groups excluding tert-OH is 1. The number of carbonyl (C=O) groups is 2. The smallest absolute Gasteiger partial charge is 0.237 e. The third kappa shape index (κ3) is 6.87. The second kappa shape index (κ2) is 7.19. The number of primary amides is 1. The zero-order valence-electron chi connectivity index (χ0n) is 8.90. The number of aliphatic hydroxyl groups is 1. The molecule has 0 saturated carbocycles. The third-order valence-corrected chi connectivity index (χ3v) is 1.94. The number of hydrogen-bond donors (Lipinski definition) is 4. The van der Waals surface area contributed by atoms with Crippen LogP contribution in [0.1, 0.15) is 26.2 Å². The quantitative estimate of drug-likeness (QED) is 0.413. The van der Waals surface area contributed by atoms with Crippen molar-refractivity contribution in [3.8, 4) is 0 Å². The normalized spacial score (nSPS) is 14.3. The van der Waals surface area contributed by atoms with Crippen LogP contribution in [0.2, 0.25) is 0 Å². The monoisotopic (exact) mass is 217 g/mol. The number of rotatable bonds is 7. The van der Waals surface area contributed by atoms with Crippen molar-refractivity contribution in [3.05, 3.63) is 0 Å². The molecule has 0 rings (SSSR count). The highest BCUT2D eigenvalue weighted by Crippen LogP contribution is 1.96. The first-order chi connectivity index (χ1) is 6.97. The molecule has 0 aliphatic heterocycles. The predicted octanol–water partition coefficient (Wildman–Crippen LogP) is -1.53. The molecular weight excluding hydrogens is 198 g/mol. The molecule has 0 aromatic rings. The summed E-state index contributed by atoms with van der Waals surface area (Å²) >= 11 is 0. The van der Waals surface area contributed by atoms with Crippen molar-refractivity contribution < 1.29 is 14.7 Å². The van der Waals surface area contributed by atoms with Crippen molar-refractivity contribution in [1.82, 2.24) is 5.32 Å². The van der Waals surface area contributed by atoms with E-state index >= 15 is 0 Å². The summed E-state index contributed by atoms with van der Waals surface area (Å²) in [5.41, 5.74) is 10.3. The van der Waals surface area contributed by atoms with Crippen molar-refractivity contribution in [3.63, 3.8) is 0 Å². The van der Waals surface area contributed by atoms with Crippen LogP contribution in [0.3, 0.4) is 0 Å². The Morgan fingerprint density at radius 1 is 1.47 bits per heavy atom. The fraction of sp³-hybridized carbons (Fsp3) is 0.778. The molecule has 15 heavy (non-hydrogen) atoms. The minimum Gasteiger partial charge on any atom is -0.396 e. The topological polar surface area (TPSA) is 118 Å². The van der Waals surface area contributed by atoms with Gasteiger partial charge in [0.15, 0.2) is 0 Å². The van der Waals surface area contributed by atoms with Gasteiger partial charge in [0.2, 0.25) is 11.8 Å². The molecule has 0 aromatic heterocycles. The highest BCUT2D eigenvalue weighted by molar-refractivity contribution is 5.87. The summed E-state index contributed by atoms with van der Waals surface area (Å²) in [5.74, 6) is -0.986. The van der Waals surface area contributed by atoms with E-state index in [9.17, 15) is 9.59 Å². The molecule has 0 aromatic carbocycles. The Morgan fingerprint density at radius 3 is 2.53 bits per heavy atom. The lowest BCUT2D eigenvalue weighted by Crippen LogP contribution is -2.46. The minimum absolute atomic E-state index is 0.0661. The van der Waals surface area contributed by atoms with Crippen LogP contribution in [-0.2, 0) is 9.59 Å². The van der Waals surface area contributed by atoms with E-state index in [2.05, 4.69) is 5.32 Å². The first kappa shape index (κ1) is 13.9. The molecule has 6 N–H and O–H groups in total. The van der Waals surface area contributed by atoms with Crippen LogP contribution in [-0.4, -0.2) is 35.6 Å². The molecule has 6 heteroatoms. The third-order valence-electron chi connectivity index (χ3n) is 1.94. The van der Waals surface area contributed by atoms with Crippen molar-refractivity contribution in [2.75, 3.05) is 6.61 Å². The van der Waals surface area contributed by atoms with Crippen LogP contribution in [0, 0.1) is 0 Å². The Morgan fingerprint density at radius 2 is 2.07 bits per heavy atom. The molecule has 88 valence electrons. The highest BCUT2D eigenvalue weighted by atomic mass is 16.3. The van der Waals surface area contributed by atoms with E-state index in [1.165, 1.54) is 0 Å². The summed E-state index contributed by atoms with van der Waals surface area (Å²) in [5, 5.41) is 11.2. The summed E-state index contributed by atoms with van der Waals surface area (Å²) < 4.78 is 0. The average molecular weight is 217 g/mol. The Kier molecular flexibility index (Phi) is 6.64. The fourth-order valence-corrected chi connectivity index (χ4v) is 1.13. The number of nitrogens with one attached hydrogen (secondary N) is 1. The van der Waals surface area contributed by atoms with E-state index in [0.717, 1.165) is 0 Å². The van der Waals surface area contributed by atoms with Gasteiger partial charge in [0.05, 0.1) is 12.5 Å². The van der Waals surface area contributed by atoms with Crippen LogP contribution in [0.15, 0.2) is 0 Å². The summed E-state index contributed by atoms with van der Waals surface area (Å²) in [4.78, 5) is 21.8. The molecule has 0 spiro atoms. The predicted molar refractivity (Wildman–Crippen MR) is 55.7 cm³/mol. The summed E-state index contributed by atoms with van der Waals surface area (Å²) in [7, 11) is 0. The van der Waals surface area contributed by atoms with Gasteiger partial charge in [-0.2, -0.15) is 0 Å². The molecular formula is C9H19N3O3. The lowest BCUT2D eigenvalue weighted by atomic mass is 10.1. The van der Waals surface area contributed by atoms with Crippen molar-refractivity contribution in [1.29, 1.82) is 0 Å². The van der Waals surface area contributed by atoms with Crippen LogP contribution in [0.5, 0.6) is 0 Å². The van der Waals surface area contributed by atoms with Crippen molar-refractivity contribution in [2.45, 2.75) is 38.3 Å². The molecule has 0 aliphatic rings. The first-order valence-electron chi connectivity index (χ1n) is 4.92. The van der Waals surface area contributed by atoms with Gasteiger partial charge in [-0.1, -0.05) is 0 Å². The molecule has 2 atom stereocenters. The van der Waals surface area contributed by atoms with E-state index in [-0.39, 0.29) is 25.0 Å². The highest BCUT2D eigenvalue weighted by Gasteiger charge is 2.17. The van der Waals surface area contributed by atoms with Gasteiger partial charge in [0.25, 0.3) is 0 Å². The number of hydrogen-bond acceptors (Lipinski definition) is 4. The maximum absolute atomic E-state index is 11.3. The van der Waals surface area contributed by atoms with Gasteiger partial charge in [-0.15, -0.1) is 0 Å². The SMILES string of the molecule is CC(CCCO)NC(=O)C(N)CC(N)=O. The summed E-state index contributed by atoms with van der Waals surface area (Å²) in [6.07, 6.45) is 1.14. The van der Waals surface area contributed by atoms with E-state index in [4.69, 9.17) is 16.6 Å². The number of nitrogens with two attached hydrogens (primary N) is 2. The largest absolute Gasteiger partial charge is 0.396 e. The van der Waals surface area contributed by atoms with Crippen LogP contribution in [0.25, 0.3) is 0 Å². The number of carbonyl (C=O) groups excluding carboxylic acids is 2. The number of amides is 2. The molecule has 2 unspecified atom stereocenters. The minimum atomic E-state index is -0.890. The van der Waals surface area contributed by atoms with E-state index in [1.807, 2.05) is 6.92 Å². The van der Waals surface area contributed by atoms with Gasteiger partial charge >= 0.3 is 0 Å². The van der Waals surface area contributed by atoms with Gasteiger partial charge in [0.1, 0.15) is 0 Å². The first-order valence-corrected chi connectivity index (χ1v) is 4.92. The van der Waals surface area contributed by atoms with E-state index < -0.39 is 11.9 Å². The maximum Gasteiger partial charge on any atom is 0.237 e. The van der Waals surface area contributed by atoms with Crippen LogP contribution in [0.4, 0.5) is 0 Å². The van der Waals surface area contributed by atoms with Crippen molar-refractivity contribution in [2.24, 2.45) is 11.5 Å². The molecule has 0 heterocycles. The van der Waals surface area contributed by atoms with Gasteiger partial charge in [-0.3, -0.25) is 9.59 Å². The average Bonchev–Trinajstić information content (AvgIpc) is 2.13. The van der Waals surface area contributed by atoms with E-state index in [1.54, 1.807) is 0 Å². The lowest BCUT2D eigenvalue weighted by molar-refractivity contribution is -0.126. The van der Waals surface area contributed by atoms with Gasteiger partial charge in [-0.25, -0.2) is 0 Å². The molecule has 0 saturated heterocycles. The Balaban J connectivity index is 3.85. The molecule has 0 fully saturated rings. The zero-order valence-corrected chi connectivity index (χ0v) is 8.90. The Hall–Kier alpha value is -1.14. The van der Waals surface area contributed by atoms with Crippen molar-refractivity contribution >= 4 is 11.8 Å².